The van der Waals surface area contributed by atoms with Gasteiger partial charge in [-0.05, 0) is 56.3 Å². The molecule has 6 heteroatoms. The fraction of sp³-hybridized carbons (Fsp3) is 0.182. The Hall–Kier alpha value is -3.54. The zero-order valence-corrected chi connectivity index (χ0v) is 15.8. The summed E-state index contributed by atoms with van der Waals surface area (Å²) >= 11 is 0. The number of aryl methyl sites for hydroxylation is 1. The van der Waals surface area contributed by atoms with Gasteiger partial charge in [0.1, 0.15) is 29.5 Å². The molecule has 0 fully saturated rings. The summed E-state index contributed by atoms with van der Waals surface area (Å²) in [6.45, 7) is 4.09. The first-order valence-corrected chi connectivity index (χ1v) is 9.11. The first kappa shape index (κ1) is 17.9. The molecule has 3 heterocycles. The Morgan fingerprint density at radius 2 is 2.11 bits per heavy atom. The second-order valence-electron chi connectivity index (χ2n) is 6.66. The molecule has 3 aromatic heterocycles. The van der Waals surface area contributed by atoms with E-state index in [9.17, 15) is 4.79 Å². The number of furan rings is 1. The van der Waals surface area contributed by atoms with Crippen molar-refractivity contribution in [2.45, 2.75) is 26.5 Å². The number of pyridine rings is 1. The zero-order chi connectivity index (χ0) is 19.5. The number of imidazole rings is 1. The molecular formula is C22H21N3O3. The van der Waals surface area contributed by atoms with Crippen molar-refractivity contribution in [3.63, 3.8) is 0 Å². The normalized spacial score (nSPS) is 12.1. The molecule has 0 aliphatic rings. The third-order valence-electron chi connectivity index (χ3n) is 4.43. The van der Waals surface area contributed by atoms with Crippen molar-refractivity contribution < 1.29 is 13.9 Å². The first-order chi connectivity index (χ1) is 13.6. The Kier molecular flexibility index (Phi) is 4.85. The molecule has 4 aromatic rings. The lowest BCUT2D eigenvalue weighted by molar-refractivity contribution is 0.0934. The average Bonchev–Trinajstić information content (AvgIpc) is 3.32. The van der Waals surface area contributed by atoms with Crippen molar-refractivity contribution >= 4 is 11.6 Å². The topological polar surface area (TPSA) is 68.8 Å². The number of benzene rings is 1. The van der Waals surface area contributed by atoms with Crippen molar-refractivity contribution in [3.8, 4) is 5.75 Å². The van der Waals surface area contributed by atoms with E-state index in [1.54, 1.807) is 18.2 Å². The van der Waals surface area contributed by atoms with E-state index in [1.807, 2.05) is 67.0 Å². The number of rotatable bonds is 6. The number of carbonyl (C=O) groups is 1. The lowest BCUT2D eigenvalue weighted by Gasteiger charge is -2.12. The van der Waals surface area contributed by atoms with E-state index in [4.69, 9.17) is 9.15 Å². The molecule has 0 bridgehead atoms. The largest absolute Gasteiger partial charge is 0.487 e. The molecule has 1 unspecified atom stereocenters. The highest BCUT2D eigenvalue weighted by atomic mass is 16.5. The van der Waals surface area contributed by atoms with Gasteiger partial charge in [-0.2, -0.15) is 0 Å². The van der Waals surface area contributed by atoms with Crippen molar-refractivity contribution in [3.05, 3.63) is 89.8 Å². The van der Waals surface area contributed by atoms with Gasteiger partial charge >= 0.3 is 0 Å². The monoisotopic (exact) mass is 375 g/mol. The first-order valence-electron chi connectivity index (χ1n) is 9.11. The van der Waals surface area contributed by atoms with E-state index in [0.717, 1.165) is 22.9 Å². The van der Waals surface area contributed by atoms with E-state index in [0.29, 0.717) is 17.9 Å². The van der Waals surface area contributed by atoms with Crippen LogP contribution in [0.3, 0.4) is 0 Å². The van der Waals surface area contributed by atoms with Gasteiger partial charge in [0.2, 0.25) is 0 Å². The number of hydrogen-bond donors (Lipinski definition) is 1. The van der Waals surface area contributed by atoms with Crippen LogP contribution in [0.15, 0.2) is 71.4 Å². The van der Waals surface area contributed by atoms with E-state index < -0.39 is 0 Å². The van der Waals surface area contributed by atoms with Crippen molar-refractivity contribution in [2.75, 3.05) is 0 Å². The van der Waals surface area contributed by atoms with Crippen LogP contribution in [0.25, 0.3) is 5.65 Å². The van der Waals surface area contributed by atoms with Gasteiger partial charge in [-0.25, -0.2) is 4.98 Å². The number of carbonyl (C=O) groups excluding carboxylic acids is 1. The molecular weight excluding hydrogens is 354 g/mol. The summed E-state index contributed by atoms with van der Waals surface area (Å²) in [6.07, 6.45) is 3.87. The minimum atomic E-state index is -0.219. The highest BCUT2D eigenvalue weighted by molar-refractivity contribution is 5.94. The van der Waals surface area contributed by atoms with Crippen molar-refractivity contribution in [2.24, 2.45) is 0 Å². The van der Waals surface area contributed by atoms with Gasteiger partial charge in [0, 0.05) is 18.0 Å². The third kappa shape index (κ3) is 3.91. The summed E-state index contributed by atoms with van der Waals surface area (Å²) in [5.74, 6) is 1.98. The summed E-state index contributed by atoms with van der Waals surface area (Å²) in [5.41, 5.74) is 2.22. The summed E-state index contributed by atoms with van der Waals surface area (Å²) < 4.78 is 13.3. The molecule has 0 saturated heterocycles. The summed E-state index contributed by atoms with van der Waals surface area (Å²) in [7, 11) is 0. The van der Waals surface area contributed by atoms with Crippen LogP contribution in [-0.2, 0) is 6.61 Å². The second-order valence-corrected chi connectivity index (χ2v) is 6.66. The highest BCUT2D eigenvalue weighted by Gasteiger charge is 2.14. The van der Waals surface area contributed by atoms with Crippen LogP contribution in [0.4, 0.5) is 0 Å². The van der Waals surface area contributed by atoms with Crippen LogP contribution in [0.1, 0.15) is 40.5 Å². The molecule has 0 radical (unpaired) electrons. The Labute approximate surface area is 162 Å². The molecule has 6 nitrogen and oxygen atoms in total. The summed E-state index contributed by atoms with van der Waals surface area (Å²) in [5, 5.41) is 2.94. The predicted octanol–water partition coefficient (Wildman–Crippen LogP) is 4.31. The molecule has 0 aliphatic heterocycles. The van der Waals surface area contributed by atoms with Gasteiger partial charge in [-0.15, -0.1) is 0 Å². The predicted molar refractivity (Wildman–Crippen MR) is 105 cm³/mol. The molecule has 4 rings (SSSR count). The molecule has 28 heavy (non-hydrogen) atoms. The van der Waals surface area contributed by atoms with Crippen LogP contribution in [0, 0.1) is 6.92 Å². The van der Waals surface area contributed by atoms with Crippen molar-refractivity contribution in [1.82, 2.24) is 14.7 Å². The Balaban J connectivity index is 1.41. The summed E-state index contributed by atoms with van der Waals surface area (Å²) in [4.78, 5) is 17.1. The Bertz CT molecular complexity index is 1080. The van der Waals surface area contributed by atoms with Crippen LogP contribution in [-0.4, -0.2) is 15.3 Å². The molecule has 1 aromatic carbocycles. The van der Waals surface area contributed by atoms with Crippen LogP contribution in [0.2, 0.25) is 0 Å². The Morgan fingerprint density at radius 3 is 2.89 bits per heavy atom. The maximum absolute atomic E-state index is 12.6. The van der Waals surface area contributed by atoms with E-state index in [2.05, 4.69) is 10.3 Å². The molecule has 0 spiro atoms. The zero-order valence-electron chi connectivity index (χ0n) is 15.8. The SMILES string of the molecule is Cc1ccc(C(C)NC(=O)c2cccc(OCc3cn4ccccc4n3)c2)o1. The fourth-order valence-electron chi connectivity index (χ4n) is 2.98. The molecule has 0 saturated carbocycles. The number of amides is 1. The van der Waals surface area contributed by atoms with E-state index >= 15 is 0 Å². The van der Waals surface area contributed by atoms with Gasteiger partial charge < -0.3 is 18.9 Å². The summed E-state index contributed by atoms with van der Waals surface area (Å²) in [6, 6.07) is 16.5. The average molecular weight is 375 g/mol. The van der Waals surface area contributed by atoms with Crippen LogP contribution >= 0.6 is 0 Å². The second kappa shape index (κ2) is 7.60. The van der Waals surface area contributed by atoms with Gasteiger partial charge in [0.05, 0.1) is 11.7 Å². The van der Waals surface area contributed by atoms with Gasteiger partial charge in [-0.1, -0.05) is 12.1 Å². The number of aromatic nitrogens is 2. The van der Waals surface area contributed by atoms with Gasteiger partial charge in [0.25, 0.3) is 5.91 Å². The lowest BCUT2D eigenvalue weighted by Crippen LogP contribution is -2.26. The molecule has 0 aliphatic carbocycles. The number of hydrogen-bond acceptors (Lipinski definition) is 4. The molecule has 1 atom stereocenters. The van der Waals surface area contributed by atoms with Gasteiger partial charge in [-0.3, -0.25) is 4.79 Å². The Morgan fingerprint density at radius 1 is 1.21 bits per heavy atom. The minimum absolute atomic E-state index is 0.181. The molecule has 1 amide bonds. The van der Waals surface area contributed by atoms with E-state index in [-0.39, 0.29) is 11.9 Å². The number of nitrogens with zero attached hydrogens (tertiary/aromatic N) is 2. The standard InChI is InChI=1S/C22H21N3O3/c1-15-9-10-20(28-15)16(2)23-22(26)17-6-5-7-19(12-17)27-14-18-13-25-11-4-3-8-21(25)24-18/h3-13,16H,14H2,1-2H3,(H,23,26). The maximum atomic E-state index is 12.6. The number of nitrogens with one attached hydrogen (secondary N) is 1. The smallest absolute Gasteiger partial charge is 0.251 e. The maximum Gasteiger partial charge on any atom is 0.251 e. The minimum Gasteiger partial charge on any atom is -0.487 e. The van der Waals surface area contributed by atoms with Crippen LogP contribution < -0.4 is 10.1 Å². The van der Waals surface area contributed by atoms with E-state index in [1.165, 1.54) is 0 Å². The lowest BCUT2D eigenvalue weighted by atomic mass is 10.1. The highest BCUT2D eigenvalue weighted by Crippen LogP contribution is 2.19. The van der Waals surface area contributed by atoms with Gasteiger partial charge in [0.15, 0.2) is 0 Å². The quantitative estimate of drug-likeness (QED) is 0.545. The molecule has 1 N–H and O–H groups in total. The van der Waals surface area contributed by atoms with Crippen molar-refractivity contribution in [1.29, 1.82) is 0 Å². The number of ether oxygens (including phenoxy) is 1. The fourth-order valence-corrected chi connectivity index (χ4v) is 2.98. The third-order valence-corrected chi connectivity index (χ3v) is 4.43. The number of fused-ring (bicyclic) bond motifs is 1. The molecule has 142 valence electrons. The van der Waals surface area contributed by atoms with Crippen LogP contribution in [0.5, 0.6) is 5.75 Å².